The topological polar surface area (TPSA) is 48.0 Å². The molecule has 23 heavy (non-hydrogen) atoms. The largest absolute Gasteiger partial charge is 0.494 e. The number of rotatable bonds is 6. The minimum absolute atomic E-state index is 0.283. The minimum atomic E-state index is -0.337. The van der Waals surface area contributed by atoms with Crippen molar-refractivity contribution in [2.75, 3.05) is 24.7 Å². The van der Waals surface area contributed by atoms with E-state index in [0.29, 0.717) is 19.8 Å². The fourth-order valence-electron chi connectivity index (χ4n) is 2.42. The highest BCUT2D eigenvalue weighted by Gasteiger charge is 2.32. The summed E-state index contributed by atoms with van der Waals surface area (Å²) in [4.78, 5) is 13.6. The first kappa shape index (κ1) is 15.2. The Bertz CT molecular complexity index is 642. The van der Waals surface area contributed by atoms with Gasteiger partial charge in [-0.1, -0.05) is 18.2 Å². The van der Waals surface area contributed by atoms with E-state index < -0.39 is 0 Å². The first-order valence-corrected chi connectivity index (χ1v) is 7.65. The molecule has 1 heterocycles. The zero-order chi connectivity index (χ0) is 16.1. The van der Waals surface area contributed by atoms with E-state index in [1.807, 2.05) is 61.5 Å². The Balaban J connectivity index is 1.54. The Morgan fingerprint density at radius 1 is 1.04 bits per heavy atom. The van der Waals surface area contributed by atoms with Gasteiger partial charge in [0.25, 0.3) is 0 Å². The fourth-order valence-corrected chi connectivity index (χ4v) is 2.42. The first-order chi connectivity index (χ1) is 11.3. The summed E-state index contributed by atoms with van der Waals surface area (Å²) in [5.74, 6) is 1.53. The number of amides is 1. The van der Waals surface area contributed by atoms with Crippen LogP contribution in [0.4, 0.5) is 10.5 Å². The van der Waals surface area contributed by atoms with E-state index in [9.17, 15) is 4.79 Å². The van der Waals surface area contributed by atoms with Crippen molar-refractivity contribution in [2.24, 2.45) is 0 Å². The summed E-state index contributed by atoms with van der Waals surface area (Å²) in [6.07, 6.45) is -0.620. The van der Waals surface area contributed by atoms with Gasteiger partial charge in [-0.25, -0.2) is 4.79 Å². The van der Waals surface area contributed by atoms with Crippen molar-refractivity contribution in [3.05, 3.63) is 54.6 Å². The van der Waals surface area contributed by atoms with Gasteiger partial charge in [0.05, 0.1) is 13.2 Å². The molecule has 2 aromatic carbocycles. The standard InChI is InChI=1S/C18H19NO4/c1-2-21-15-8-10-16(11-9-15)22-13-17-12-19(18(20)23-17)14-6-4-3-5-7-14/h3-11,17H,2,12-13H2,1H3. The second-order valence-corrected chi connectivity index (χ2v) is 5.17. The van der Waals surface area contributed by atoms with Gasteiger partial charge in [0.1, 0.15) is 18.1 Å². The van der Waals surface area contributed by atoms with Gasteiger partial charge in [0.2, 0.25) is 0 Å². The van der Waals surface area contributed by atoms with E-state index in [0.717, 1.165) is 17.2 Å². The SMILES string of the molecule is CCOc1ccc(OCC2CN(c3ccccc3)C(=O)O2)cc1. The van der Waals surface area contributed by atoms with Crippen molar-refractivity contribution in [1.82, 2.24) is 0 Å². The number of anilines is 1. The maximum absolute atomic E-state index is 11.9. The smallest absolute Gasteiger partial charge is 0.414 e. The summed E-state index contributed by atoms with van der Waals surface area (Å²) in [7, 11) is 0. The van der Waals surface area contributed by atoms with Crippen LogP contribution < -0.4 is 14.4 Å². The van der Waals surface area contributed by atoms with Crippen LogP contribution in [-0.4, -0.2) is 32.0 Å². The number of benzene rings is 2. The van der Waals surface area contributed by atoms with E-state index in [1.165, 1.54) is 0 Å². The van der Waals surface area contributed by atoms with Crippen molar-refractivity contribution >= 4 is 11.8 Å². The molecule has 120 valence electrons. The van der Waals surface area contributed by atoms with Crippen molar-refractivity contribution in [3.63, 3.8) is 0 Å². The molecule has 2 aromatic rings. The van der Waals surface area contributed by atoms with Crippen LogP contribution in [0, 0.1) is 0 Å². The summed E-state index contributed by atoms with van der Waals surface area (Å²) in [5.41, 5.74) is 0.834. The highest BCUT2D eigenvalue weighted by molar-refractivity contribution is 5.89. The summed E-state index contributed by atoms with van der Waals surface area (Å²) in [6, 6.07) is 16.9. The van der Waals surface area contributed by atoms with Gasteiger partial charge >= 0.3 is 6.09 Å². The Labute approximate surface area is 135 Å². The van der Waals surface area contributed by atoms with Crippen LogP contribution in [0.1, 0.15) is 6.92 Å². The number of hydrogen-bond acceptors (Lipinski definition) is 4. The third kappa shape index (κ3) is 3.74. The lowest BCUT2D eigenvalue weighted by Gasteiger charge is -2.13. The Morgan fingerprint density at radius 3 is 2.35 bits per heavy atom. The third-order valence-corrected chi connectivity index (χ3v) is 3.51. The predicted octanol–water partition coefficient (Wildman–Crippen LogP) is 3.49. The number of para-hydroxylation sites is 1. The Hall–Kier alpha value is -2.69. The molecule has 0 radical (unpaired) electrons. The zero-order valence-electron chi connectivity index (χ0n) is 13.0. The molecule has 1 aliphatic rings. The summed E-state index contributed by atoms with van der Waals surface area (Å²) >= 11 is 0. The second kappa shape index (κ2) is 7.05. The molecule has 1 atom stereocenters. The second-order valence-electron chi connectivity index (χ2n) is 5.17. The van der Waals surface area contributed by atoms with Crippen LogP contribution >= 0.6 is 0 Å². The van der Waals surface area contributed by atoms with Crippen molar-refractivity contribution < 1.29 is 19.0 Å². The van der Waals surface area contributed by atoms with E-state index >= 15 is 0 Å². The average molecular weight is 313 g/mol. The predicted molar refractivity (Wildman–Crippen MR) is 87.2 cm³/mol. The number of hydrogen-bond donors (Lipinski definition) is 0. The molecule has 1 fully saturated rings. The van der Waals surface area contributed by atoms with Crippen molar-refractivity contribution in [2.45, 2.75) is 13.0 Å². The van der Waals surface area contributed by atoms with Gasteiger partial charge in [0, 0.05) is 5.69 Å². The molecule has 0 spiro atoms. The molecule has 5 nitrogen and oxygen atoms in total. The Kier molecular flexibility index (Phi) is 4.66. The van der Waals surface area contributed by atoms with Gasteiger partial charge in [-0.05, 0) is 43.3 Å². The van der Waals surface area contributed by atoms with Crippen LogP contribution in [0.2, 0.25) is 0 Å². The molecule has 1 saturated heterocycles. The quantitative estimate of drug-likeness (QED) is 0.819. The average Bonchev–Trinajstić information content (AvgIpc) is 2.96. The molecule has 0 aliphatic carbocycles. The number of ether oxygens (including phenoxy) is 3. The van der Waals surface area contributed by atoms with E-state index in [1.54, 1.807) is 4.90 Å². The molecular formula is C18H19NO4. The maximum atomic E-state index is 11.9. The minimum Gasteiger partial charge on any atom is -0.494 e. The molecule has 1 aliphatic heterocycles. The molecule has 5 heteroatoms. The lowest BCUT2D eigenvalue weighted by Crippen LogP contribution is -2.26. The molecule has 1 amide bonds. The molecule has 0 saturated carbocycles. The van der Waals surface area contributed by atoms with E-state index in [-0.39, 0.29) is 12.2 Å². The molecule has 1 unspecified atom stereocenters. The molecule has 0 aromatic heterocycles. The van der Waals surface area contributed by atoms with Crippen LogP contribution in [0.3, 0.4) is 0 Å². The monoisotopic (exact) mass is 313 g/mol. The van der Waals surface area contributed by atoms with Gasteiger partial charge in [-0.3, -0.25) is 4.90 Å². The summed E-state index contributed by atoms with van der Waals surface area (Å²) < 4.78 is 16.4. The van der Waals surface area contributed by atoms with Crippen LogP contribution in [0.5, 0.6) is 11.5 Å². The van der Waals surface area contributed by atoms with Gasteiger partial charge in [0.15, 0.2) is 6.10 Å². The Morgan fingerprint density at radius 2 is 1.70 bits per heavy atom. The van der Waals surface area contributed by atoms with Crippen molar-refractivity contribution in [1.29, 1.82) is 0 Å². The van der Waals surface area contributed by atoms with Crippen LogP contribution in [-0.2, 0) is 4.74 Å². The molecule has 3 rings (SSSR count). The normalized spacial score (nSPS) is 17.0. The van der Waals surface area contributed by atoms with E-state index in [2.05, 4.69) is 0 Å². The number of cyclic esters (lactones) is 1. The van der Waals surface area contributed by atoms with Gasteiger partial charge in [-0.15, -0.1) is 0 Å². The molecule has 0 bridgehead atoms. The maximum Gasteiger partial charge on any atom is 0.414 e. The third-order valence-electron chi connectivity index (χ3n) is 3.51. The first-order valence-electron chi connectivity index (χ1n) is 7.65. The number of carbonyl (C=O) groups is 1. The van der Waals surface area contributed by atoms with E-state index in [4.69, 9.17) is 14.2 Å². The molecule has 0 N–H and O–H groups in total. The lowest BCUT2D eigenvalue weighted by molar-refractivity contribution is 0.105. The zero-order valence-corrected chi connectivity index (χ0v) is 13.0. The summed E-state index contributed by atoms with van der Waals surface area (Å²) in [6.45, 7) is 3.38. The van der Waals surface area contributed by atoms with Crippen LogP contribution in [0.15, 0.2) is 54.6 Å². The highest BCUT2D eigenvalue weighted by atomic mass is 16.6. The number of nitrogens with zero attached hydrogens (tertiary/aromatic N) is 1. The number of carbonyl (C=O) groups excluding carboxylic acids is 1. The molecular weight excluding hydrogens is 294 g/mol. The highest BCUT2D eigenvalue weighted by Crippen LogP contribution is 2.22. The lowest BCUT2D eigenvalue weighted by atomic mass is 10.3. The van der Waals surface area contributed by atoms with Gasteiger partial charge < -0.3 is 14.2 Å². The summed E-state index contributed by atoms with van der Waals surface area (Å²) in [5, 5.41) is 0. The van der Waals surface area contributed by atoms with Crippen LogP contribution in [0.25, 0.3) is 0 Å². The van der Waals surface area contributed by atoms with Gasteiger partial charge in [-0.2, -0.15) is 0 Å². The fraction of sp³-hybridized carbons (Fsp3) is 0.278. The van der Waals surface area contributed by atoms with Crippen molar-refractivity contribution in [3.8, 4) is 11.5 Å².